The summed E-state index contributed by atoms with van der Waals surface area (Å²) in [5, 5.41) is 13.3. The molecule has 0 saturated heterocycles. The highest BCUT2D eigenvalue weighted by Gasteiger charge is 2.29. The molecular weight excluding hydrogens is 242 g/mol. The molecule has 94 valence electrons. The maximum Gasteiger partial charge on any atom is 0.348 e. The number of hydrogen-bond donors (Lipinski definition) is 2. The van der Waals surface area contributed by atoms with Gasteiger partial charge in [0.15, 0.2) is 0 Å². The smallest absolute Gasteiger partial charge is 0.348 e. The van der Waals surface area contributed by atoms with E-state index in [0.717, 1.165) is 16.9 Å². The molecule has 0 saturated carbocycles. The first-order valence-electron chi connectivity index (χ1n) is 4.97. The van der Waals surface area contributed by atoms with E-state index in [0.29, 0.717) is 5.69 Å². The molecule has 1 aromatic rings. The second kappa shape index (κ2) is 4.85. The van der Waals surface area contributed by atoms with Crippen LogP contribution in [0.25, 0.3) is 0 Å². The minimum Gasteiger partial charge on any atom is -0.477 e. The molecule has 1 rings (SSSR count). The predicted octanol–water partition coefficient (Wildman–Crippen LogP) is 2.12. The number of rotatable bonds is 4. The summed E-state index contributed by atoms with van der Waals surface area (Å²) in [5.41, 5.74) is 0.0784. The van der Waals surface area contributed by atoms with E-state index in [-0.39, 0.29) is 10.8 Å². The number of aromatic carboxylic acids is 1. The van der Waals surface area contributed by atoms with Gasteiger partial charge in [-0.05, 0) is 31.7 Å². The van der Waals surface area contributed by atoms with Gasteiger partial charge >= 0.3 is 5.97 Å². The molecule has 0 aliphatic heterocycles. The molecule has 1 amide bonds. The lowest BCUT2D eigenvalue weighted by Crippen LogP contribution is -2.39. The van der Waals surface area contributed by atoms with Crippen LogP contribution in [0, 0.1) is 6.92 Å². The predicted molar refractivity (Wildman–Crippen MR) is 65.7 cm³/mol. The van der Waals surface area contributed by atoms with Crippen LogP contribution in [0.15, 0.2) is 5.38 Å². The molecule has 0 atom stereocenters. The summed E-state index contributed by atoms with van der Waals surface area (Å²) in [5.74, 6) is -1.42. The van der Waals surface area contributed by atoms with Gasteiger partial charge in [-0.1, -0.05) is 0 Å². The number of methoxy groups -OCH3 is 1. The van der Waals surface area contributed by atoms with Gasteiger partial charge in [-0.2, -0.15) is 0 Å². The molecule has 0 aliphatic carbocycles. The number of thiophene rings is 1. The van der Waals surface area contributed by atoms with Crippen LogP contribution in [0.5, 0.6) is 0 Å². The van der Waals surface area contributed by atoms with Gasteiger partial charge in [0, 0.05) is 7.11 Å². The average Bonchev–Trinajstić information content (AvgIpc) is 2.60. The van der Waals surface area contributed by atoms with Crippen LogP contribution in [-0.4, -0.2) is 29.7 Å². The van der Waals surface area contributed by atoms with Crippen LogP contribution in [0.1, 0.15) is 29.1 Å². The quantitative estimate of drug-likeness (QED) is 0.866. The Morgan fingerprint density at radius 2 is 2.06 bits per heavy atom. The monoisotopic (exact) mass is 257 g/mol. The normalized spacial score (nSPS) is 11.3. The zero-order valence-electron chi connectivity index (χ0n) is 10.2. The minimum absolute atomic E-state index is 0.128. The van der Waals surface area contributed by atoms with E-state index in [1.807, 2.05) is 0 Å². The number of carbonyl (C=O) groups excluding carboxylic acids is 1. The van der Waals surface area contributed by atoms with E-state index < -0.39 is 11.6 Å². The summed E-state index contributed by atoms with van der Waals surface area (Å²) in [6, 6.07) is 0. The third-order valence-electron chi connectivity index (χ3n) is 2.46. The Hall–Kier alpha value is -1.40. The topological polar surface area (TPSA) is 75.6 Å². The van der Waals surface area contributed by atoms with Gasteiger partial charge in [-0.25, -0.2) is 4.79 Å². The van der Waals surface area contributed by atoms with Gasteiger partial charge in [-0.3, -0.25) is 4.79 Å². The zero-order chi connectivity index (χ0) is 13.2. The van der Waals surface area contributed by atoms with E-state index in [4.69, 9.17) is 9.84 Å². The SMILES string of the molecule is COC(C)(C)C(=O)Nc1c(C)csc1C(=O)O. The molecule has 0 fully saturated rings. The number of aryl methyl sites for hydroxylation is 1. The van der Waals surface area contributed by atoms with Gasteiger partial charge < -0.3 is 15.2 Å². The molecule has 6 heteroatoms. The lowest BCUT2D eigenvalue weighted by molar-refractivity contribution is -0.133. The average molecular weight is 257 g/mol. The molecular formula is C11H15NO4S. The van der Waals surface area contributed by atoms with Crippen LogP contribution >= 0.6 is 11.3 Å². The molecule has 0 aliphatic rings. The fraction of sp³-hybridized carbons (Fsp3) is 0.455. The number of amides is 1. The maximum atomic E-state index is 11.9. The number of hydrogen-bond acceptors (Lipinski definition) is 4. The maximum absolute atomic E-state index is 11.9. The third-order valence-corrected chi connectivity index (χ3v) is 3.55. The molecule has 0 radical (unpaired) electrons. The first kappa shape index (κ1) is 13.7. The van der Waals surface area contributed by atoms with Gasteiger partial charge in [0.1, 0.15) is 10.5 Å². The van der Waals surface area contributed by atoms with Gasteiger partial charge in [0.25, 0.3) is 5.91 Å². The number of carboxylic acids is 1. The van der Waals surface area contributed by atoms with Crippen molar-refractivity contribution >= 4 is 28.9 Å². The Morgan fingerprint density at radius 1 is 1.47 bits per heavy atom. The van der Waals surface area contributed by atoms with E-state index in [1.165, 1.54) is 7.11 Å². The highest BCUT2D eigenvalue weighted by atomic mass is 32.1. The number of anilines is 1. The minimum atomic E-state index is -1.05. The highest BCUT2D eigenvalue weighted by Crippen LogP contribution is 2.28. The number of ether oxygens (including phenoxy) is 1. The molecule has 0 bridgehead atoms. The summed E-state index contributed by atoms with van der Waals surface area (Å²) in [7, 11) is 1.43. The standard InChI is InChI=1S/C11H15NO4S/c1-6-5-17-8(9(13)14)7(6)12-10(15)11(2,3)16-4/h5H,1-4H3,(H,12,15)(H,13,14). The van der Waals surface area contributed by atoms with Gasteiger partial charge in [0.05, 0.1) is 5.69 Å². The summed E-state index contributed by atoms with van der Waals surface area (Å²) in [6.07, 6.45) is 0. The van der Waals surface area contributed by atoms with Crippen molar-refractivity contribution in [1.82, 2.24) is 0 Å². The Morgan fingerprint density at radius 3 is 2.53 bits per heavy atom. The van der Waals surface area contributed by atoms with Crippen LogP contribution < -0.4 is 5.32 Å². The van der Waals surface area contributed by atoms with Crippen LogP contribution in [-0.2, 0) is 9.53 Å². The Balaban J connectivity index is 3.00. The highest BCUT2D eigenvalue weighted by molar-refractivity contribution is 7.12. The lowest BCUT2D eigenvalue weighted by Gasteiger charge is -2.21. The van der Waals surface area contributed by atoms with Crippen LogP contribution in [0.3, 0.4) is 0 Å². The Labute approximate surface area is 103 Å². The first-order valence-corrected chi connectivity index (χ1v) is 5.85. The summed E-state index contributed by atoms with van der Waals surface area (Å²) in [4.78, 5) is 23.0. The van der Waals surface area contributed by atoms with Crippen molar-refractivity contribution < 1.29 is 19.4 Å². The summed E-state index contributed by atoms with van der Waals surface area (Å²) in [6.45, 7) is 4.98. The van der Waals surface area contributed by atoms with Crippen molar-refractivity contribution in [1.29, 1.82) is 0 Å². The van der Waals surface area contributed by atoms with E-state index in [1.54, 1.807) is 26.2 Å². The third kappa shape index (κ3) is 2.83. The van der Waals surface area contributed by atoms with Crippen molar-refractivity contribution in [2.75, 3.05) is 12.4 Å². The Kier molecular flexibility index (Phi) is 3.90. The van der Waals surface area contributed by atoms with E-state index >= 15 is 0 Å². The summed E-state index contributed by atoms with van der Waals surface area (Å²) < 4.78 is 5.03. The molecule has 1 heterocycles. The molecule has 1 aromatic heterocycles. The molecule has 5 nitrogen and oxygen atoms in total. The largest absolute Gasteiger partial charge is 0.477 e. The fourth-order valence-electron chi connectivity index (χ4n) is 1.11. The fourth-order valence-corrected chi connectivity index (χ4v) is 1.96. The van der Waals surface area contributed by atoms with E-state index in [9.17, 15) is 9.59 Å². The van der Waals surface area contributed by atoms with E-state index in [2.05, 4.69) is 5.32 Å². The van der Waals surface area contributed by atoms with Crippen LogP contribution in [0.2, 0.25) is 0 Å². The van der Waals surface area contributed by atoms with Crippen molar-refractivity contribution in [2.45, 2.75) is 26.4 Å². The van der Waals surface area contributed by atoms with Crippen molar-refractivity contribution in [3.63, 3.8) is 0 Å². The zero-order valence-corrected chi connectivity index (χ0v) is 11.0. The van der Waals surface area contributed by atoms with Crippen molar-refractivity contribution in [3.05, 3.63) is 15.8 Å². The van der Waals surface area contributed by atoms with Crippen LogP contribution in [0.4, 0.5) is 5.69 Å². The first-order chi connectivity index (χ1) is 7.79. The molecule has 0 unspecified atom stereocenters. The molecule has 0 spiro atoms. The molecule has 0 aromatic carbocycles. The van der Waals surface area contributed by atoms with Crippen molar-refractivity contribution in [2.24, 2.45) is 0 Å². The molecule has 2 N–H and O–H groups in total. The number of carbonyl (C=O) groups is 2. The Bertz CT molecular complexity index is 450. The number of carboxylic acid groups (broad SMARTS) is 1. The second-order valence-electron chi connectivity index (χ2n) is 4.10. The van der Waals surface area contributed by atoms with Gasteiger partial charge in [-0.15, -0.1) is 11.3 Å². The summed E-state index contributed by atoms with van der Waals surface area (Å²) >= 11 is 1.09. The second-order valence-corrected chi connectivity index (χ2v) is 4.98. The van der Waals surface area contributed by atoms with Crippen molar-refractivity contribution in [3.8, 4) is 0 Å². The van der Waals surface area contributed by atoms with Gasteiger partial charge in [0.2, 0.25) is 0 Å². The number of nitrogens with one attached hydrogen (secondary N) is 1. The lowest BCUT2D eigenvalue weighted by atomic mass is 10.1. The molecule has 17 heavy (non-hydrogen) atoms.